The predicted molar refractivity (Wildman–Crippen MR) is 101 cm³/mol. The van der Waals surface area contributed by atoms with E-state index in [2.05, 4.69) is 12.2 Å². The van der Waals surface area contributed by atoms with Crippen molar-refractivity contribution in [1.82, 2.24) is 5.32 Å². The molecular weight excluding hydrogens is 348 g/mol. The molecule has 1 aliphatic carbocycles. The average molecular weight is 377 g/mol. The third kappa shape index (κ3) is 5.57. The van der Waals surface area contributed by atoms with Crippen LogP contribution in [0.2, 0.25) is 0 Å². The van der Waals surface area contributed by atoms with E-state index >= 15 is 0 Å². The molecular formula is C20H28N2O3S. The Hall–Kier alpha value is -1.87. The largest absolute Gasteiger partial charge is 0.349 e. The lowest BCUT2D eigenvalue weighted by atomic mass is 9.96. The zero-order chi connectivity index (χ0) is 19.0. The normalized spacial score (nSPS) is 19.8. The number of hydrogen-bond donors (Lipinski definition) is 1. The van der Waals surface area contributed by atoms with Gasteiger partial charge in [0.25, 0.3) is 5.91 Å². The van der Waals surface area contributed by atoms with Gasteiger partial charge in [-0.15, -0.1) is 0 Å². The van der Waals surface area contributed by atoms with Crippen LogP contribution in [-0.4, -0.2) is 26.1 Å². The van der Waals surface area contributed by atoms with E-state index in [0.29, 0.717) is 17.9 Å². The highest BCUT2D eigenvalue weighted by atomic mass is 32.2. The molecule has 26 heavy (non-hydrogen) atoms. The van der Waals surface area contributed by atoms with E-state index < -0.39 is 9.84 Å². The van der Waals surface area contributed by atoms with E-state index in [4.69, 9.17) is 5.26 Å². The van der Waals surface area contributed by atoms with Gasteiger partial charge in [0.1, 0.15) is 0 Å². The standard InChI is InChI=1S/C20H28N2O3S/c1-2-3-7-16-8-6-9-19(16)22-20(23)17-10-12-18(13-11-17)26(24,25)15-5-4-14-21/h10-13,16,19H,2-9,15H2,1H3,(H,22,23). The van der Waals surface area contributed by atoms with Crippen LogP contribution in [0.4, 0.5) is 0 Å². The molecule has 1 aliphatic rings. The van der Waals surface area contributed by atoms with Gasteiger partial charge in [-0.3, -0.25) is 4.79 Å². The lowest BCUT2D eigenvalue weighted by Crippen LogP contribution is -2.37. The monoisotopic (exact) mass is 376 g/mol. The molecule has 0 spiro atoms. The van der Waals surface area contributed by atoms with Gasteiger partial charge in [-0.1, -0.05) is 26.2 Å². The molecule has 1 saturated carbocycles. The number of benzene rings is 1. The van der Waals surface area contributed by atoms with Crippen LogP contribution in [0, 0.1) is 17.2 Å². The minimum Gasteiger partial charge on any atom is -0.349 e. The van der Waals surface area contributed by atoms with Crippen molar-refractivity contribution < 1.29 is 13.2 Å². The first-order valence-corrected chi connectivity index (χ1v) is 11.1. The van der Waals surface area contributed by atoms with Crippen molar-refractivity contribution in [2.45, 2.75) is 69.2 Å². The summed E-state index contributed by atoms with van der Waals surface area (Å²) in [6.45, 7) is 2.18. The van der Waals surface area contributed by atoms with Gasteiger partial charge in [0.2, 0.25) is 0 Å². The van der Waals surface area contributed by atoms with Crippen LogP contribution in [0.1, 0.15) is 68.6 Å². The fourth-order valence-electron chi connectivity index (χ4n) is 3.56. The maximum atomic E-state index is 12.5. The van der Waals surface area contributed by atoms with Crippen molar-refractivity contribution in [1.29, 1.82) is 5.26 Å². The molecule has 2 unspecified atom stereocenters. The Labute approximate surface area is 156 Å². The molecule has 1 fully saturated rings. The summed E-state index contributed by atoms with van der Waals surface area (Å²) in [7, 11) is -3.40. The van der Waals surface area contributed by atoms with E-state index in [1.807, 2.05) is 6.07 Å². The van der Waals surface area contributed by atoms with Crippen molar-refractivity contribution in [2.75, 3.05) is 5.75 Å². The lowest BCUT2D eigenvalue weighted by Gasteiger charge is -2.21. The minimum atomic E-state index is -3.40. The van der Waals surface area contributed by atoms with Crippen LogP contribution < -0.4 is 5.32 Å². The summed E-state index contributed by atoms with van der Waals surface area (Å²) in [6.07, 6.45) is 7.40. The molecule has 1 amide bonds. The molecule has 0 heterocycles. The highest BCUT2D eigenvalue weighted by molar-refractivity contribution is 7.91. The lowest BCUT2D eigenvalue weighted by molar-refractivity contribution is 0.0926. The summed E-state index contributed by atoms with van der Waals surface area (Å²) in [4.78, 5) is 12.7. The van der Waals surface area contributed by atoms with Crippen molar-refractivity contribution in [2.24, 2.45) is 5.92 Å². The van der Waals surface area contributed by atoms with Crippen molar-refractivity contribution in [3.8, 4) is 6.07 Å². The Morgan fingerprint density at radius 2 is 1.96 bits per heavy atom. The number of rotatable bonds is 9. The van der Waals surface area contributed by atoms with E-state index in [1.54, 1.807) is 12.1 Å². The molecule has 2 rings (SSSR count). The Morgan fingerprint density at radius 1 is 1.23 bits per heavy atom. The molecule has 0 bridgehead atoms. The summed E-state index contributed by atoms with van der Waals surface area (Å²) < 4.78 is 24.4. The summed E-state index contributed by atoms with van der Waals surface area (Å²) >= 11 is 0. The first kappa shape index (κ1) is 20.4. The van der Waals surface area contributed by atoms with Gasteiger partial charge >= 0.3 is 0 Å². The van der Waals surface area contributed by atoms with E-state index in [-0.39, 0.29) is 29.0 Å². The topological polar surface area (TPSA) is 87.0 Å². The average Bonchev–Trinajstić information content (AvgIpc) is 3.07. The second-order valence-corrected chi connectivity index (χ2v) is 9.13. The summed E-state index contributed by atoms with van der Waals surface area (Å²) in [5.41, 5.74) is 0.488. The Bertz CT molecular complexity index is 735. The molecule has 5 nitrogen and oxygen atoms in total. The number of carbonyl (C=O) groups is 1. The quantitative estimate of drug-likeness (QED) is 0.663. The van der Waals surface area contributed by atoms with Crippen LogP contribution in [0.3, 0.4) is 0 Å². The smallest absolute Gasteiger partial charge is 0.251 e. The van der Waals surface area contributed by atoms with Gasteiger partial charge in [-0.25, -0.2) is 8.42 Å². The zero-order valence-electron chi connectivity index (χ0n) is 15.4. The number of sulfone groups is 1. The molecule has 1 aromatic rings. The first-order chi connectivity index (χ1) is 12.5. The zero-order valence-corrected chi connectivity index (χ0v) is 16.2. The Kier molecular flexibility index (Phi) is 7.65. The molecule has 0 radical (unpaired) electrons. The van der Waals surface area contributed by atoms with Crippen molar-refractivity contribution in [3.63, 3.8) is 0 Å². The molecule has 6 heteroatoms. The van der Waals surface area contributed by atoms with Crippen LogP contribution in [0.25, 0.3) is 0 Å². The third-order valence-corrected chi connectivity index (χ3v) is 6.90. The molecule has 0 saturated heterocycles. The molecule has 0 aliphatic heterocycles. The number of nitrogens with zero attached hydrogens (tertiary/aromatic N) is 1. The van der Waals surface area contributed by atoms with E-state index in [1.165, 1.54) is 31.4 Å². The fourth-order valence-corrected chi connectivity index (χ4v) is 4.87. The van der Waals surface area contributed by atoms with Crippen LogP contribution in [-0.2, 0) is 9.84 Å². The van der Waals surface area contributed by atoms with E-state index in [0.717, 1.165) is 19.3 Å². The van der Waals surface area contributed by atoms with Crippen LogP contribution in [0.15, 0.2) is 29.2 Å². The maximum Gasteiger partial charge on any atom is 0.251 e. The highest BCUT2D eigenvalue weighted by Crippen LogP contribution is 2.30. The first-order valence-electron chi connectivity index (χ1n) is 9.48. The molecule has 1 aromatic carbocycles. The SMILES string of the molecule is CCCCC1CCCC1NC(=O)c1ccc(S(=O)(=O)CCCC#N)cc1. The van der Waals surface area contributed by atoms with Crippen molar-refractivity contribution >= 4 is 15.7 Å². The second-order valence-electron chi connectivity index (χ2n) is 7.02. The van der Waals surface area contributed by atoms with Gasteiger partial charge in [-0.2, -0.15) is 5.26 Å². The second kappa shape index (κ2) is 9.72. The Morgan fingerprint density at radius 3 is 2.62 bits per heavy atom. The molecule has 0 aromatic heterocycles. The maximum absolute atomic E-state index is 12.5. The minimum absolute atomic E-state index is 0.0483. The van der Waals surface area contributed by atoms with Crippen LogP contribution in [0.5, 0.6) is 0 Å². The summed E-state index contributed by atoms with van der Waals surface area (Å²) in [5.74, 6) is 0.373. The summed E-state index contributed by atoms with van der Waals surface area (Å²) in [5, 5.41) is 11.7. The number of nitrogens with one attached hydrogen (secondary N) is 1. The van der Waals surface area contributed by atoms with Gasteiger partial charge in [0.05, 0.1) is 16.7 Å². The van der Waals surface area contributed by atoms with Crippen LogP contribution >= 0.6 is 0 Å². The Balaban J connectivity index is 1.97. The number of unbranched alkanes of at least 4 members (excludes halogenated alkanes) is 2. The number of amides is 1. The number of carbonyl (C=O) groups excluding carboxylic acids is 1. The third-order valence-electron chi connectivity index (χ3n) is 5.08. The van der Waals surface area contributed by atoms with E-state index in [9.17, 15) is 13.2 Å². The highest BCUT2D eigenvalue weighted by Gasteiger charge is 2.28. The van der Waals surface area contributed by atoms with Crippen molar-refractivity contribution in [3.05, 3.63) is 29.8 Å². The van der Waals surface area contributed by atoms with Gasteiger partial charge in [0, 0.05) is 18.0 Å². The molecule has 1 N–H and O–H groups in total. The predicted octanol–water partition coefficient (Wildman–Crippen LogP) is 3.85. The molecule has 142 valence electrons. The fraction of sp³-hybridized carbons (Fsp3) is 0.600. The van der Waals surface area contributed by atoms with Gasteiger partial charge in [-0.05, 0) is 55.9 Å². The summed E-state index contributed by atoms with van der Waals surface area (Å²) in [6, 6.07) is 8.29. The molecule has 2 atom stereocenters. The number of hydrogen-bond acceptors (Lipinski definition) is 4. The van der Waals surface area contributed by atoms with Gasteiger partial charge < -0.3 is 5.32 Å². The number of nitriles is 1. The van der Waals surface area contributed by atoms with Gasteiger partial charge in [0.15, 0.2) is 9.84 Å².